The lowest BCUT2D eigenvalue weighted by Gasteiger charge is -2.17. The molecule has 1 aromatic rings. The van der Waals surface area contributed by atoms with Crippen molar-refractivity contribution in [1.29, 1.82) is 0 Å². The highest BCUT2D eigenvalue weighted by Crippen LogP contribution is 2.08. The van der Waals surface area contributed by atoms with E-state index < -0.39 is 12.0 Å². The quantitative estimate of drug-likeness (QED) is 0.600. The number of nitrogens with one attached hydrogen (secondary N) is 1. The van der Waals surface area contributed by atoms with Gasteiger partial charge < -0.3 is 14.5 Å². The molecule has 0 aliphatic rings. The van der Waals surface area contributed by atoms with Gasteiger partial charge in [0.2, 0.25) is 5.78 Å². The van der Waals surface area contributed by atoms with Crippen LogP contribution in [0.4, 0.5) is 0 Å². The zero-order valence-electron chi connectivity index (χ0n) is 10.2. The lowest BCUT2D eigenvalue weighted by Crippen LogP contribution is -2.42. The number of ketones is 1. The first-order valence-electron chi connectivity index (χ1n) is 5.45. The van der Waals surface area contributed by atoms with Gasteiger partial charge in [0.1, 0.15) is 0 Å². The predicted octanol–water partition coefficient (Wildman–Crippen LogP) is 1.39. The summed E-state index contributed by atoms with van der Waals surface area (Å²) in [6.45, 7) is 3.80. The summed E-state index contributed by atoms with van der Waals surface area (Å²) in [6.07, 6.45) is 1.42. The zero-order valence-corrected chi connectivity index (χ0v) is 10.2. The summed E-state index contributed by atoms with van der Waals surface area (Å²) in [5, 5.41) is 3.02. The van der Waals surface area contributed by atoms with Crippen LogP contribution in [-0.2, 0) is 9.53 Å². The highest BCUT2D eigenvalue weighted by atomic mass is 16.5. The summed E-state index contributed by atoms with van der Waals surface area (Å²) >= 11 is 0. The summed E-state index contributed by atoms with van der Waals surface area (Å²) in [6, 6.07) is 2.68. The first kappa shape index (κ1) is 13.4. The van der Waals surface area contributed by atoms with Gasteiger partial charge in [-0.2, -0.15) is 0 Å². The SMILES string of the molecule is COC(=O)CC(NC(C)C)C(=O)c1ccco1. The Kier molecular flexibility index (Phi) is 4.90. The van der Waals surface area contributed by atoms with Crippen molar-refractivity contribution in [2.75, 3.05) is 7.11 Å². The van der Waals surface area contributed by atoms with Gasteiger partial charge in [0.15, 0.2) is 5.76 Å². The van der Waals surface area contributed by atoms with E-state index in [1.807, 2.05) is 13.8 Å². The molecule has 1 rings (SSSR count). The van der Waals surface area contributed by atoms with Crippen molar-refractivity contribution in [2.24, 2.45) is 0 Å². The van der Waals surface area contributed by atoms with Gasteiger partial charge in [0, 0.05) is 6.04 Å². The molecule has 5 heteroatoms. The van der Waals surface area contributed by atoms with Crippen molar-refractivity contribution in [3.63, 3.8) is 0 Å². The van der Waals surface area contributed by atoms with Crippen LogP contribution >= 0.6 is 0 Å². The lowest BCUT2D eigenvalue weighted by molar-refractivity contribution is -0.141. The fourth-order valence-electron chi connectivity index (χ4n) is 1.47. The number of furan rings is 1. The third kappa shape index (κ3) is 4.03. The summed E-state index contributed by atoms with van der Waals surface area (Å²) in [7, 11) is 1.30. The Morgan fingerprint density at radius 2 is 2.18 bits per heavy atom. The molecule has 0 radical (unpaired) electrons. The number of methoxy groups -OCH3 is 1. The maximum absolute atomic E-state index is 12.0. The van der Waals surface area contributed by atoms with Crippen LogP contribution in [0.2, 0.25) is 0 Å². The number of hydrogen-bond acceptors (Lipinski definition) is 5. The smallest absolute Gasteiger partial charge is 0.307 e. The Hall–Kier alpha value is -1.62. The normalized spacial score (nSPS) is 12.5. The molecule has 0 fully saturated rings. The molecular formula is C12H17NO4. The molecule has 0 aliphatic heterocycles. The van der Waals surface area contributed by atoms with Crippen LogP contribution in [0.3, 0.4) is 0 Å². The zero-order chi connectivity index (χ0) is 12.8. The van der Waals surface area contributed by atoms with Gasteiger partial charge in [0.25, 0.3) is 0 Å². The molecule has 0 spiro atoms. The standard InChI is InChI=1S/C12H17NO4/c1-8(2)13-9(7-11(14)16-3)12(15)10-5-4-6-17-10/h4-6,8-9,13H,7H2,1-3H3. The molecule has 0 saturated carbocycles. The Balaban J connectivity index is 2.75. The van der Waals surface area contributed by atoms with Gasteiger partial charge in [-0.15, -0.1) is 0 Å². The molecule has 1 atom stereocenters. The second-order valence-electron chi connectivity index (χ2n) is 4.00. The van der Waals surface area contributed by atoms with Gasteiger partial charge in [0.05, 0.1) is 25.8 Å². The number of carbonyl (C=O) groups excluding carboxylic acids is 2. The Morgan fingerprint density at radius 1 is 1.47 bits per heavy atom. The third-order valence-electron chi connectivity index (χ3n) is 2.21. The number of hydrogen-bond donors (Lipinski definition) is 1. The molecule has 0 aliphatic carbocycles. The van der Waals surface area contributed by atoms with Crippen molar-refractivity contribution < 1.29 is 18.7 Å². The molecule has 1 unspecified atom stereocenters. The molecule has 5 nitrogen and oxygen atoms in total. The highest BCUT2D eigenvalue weighted by molar-refractivity contribution is 5.99. The van der Waals surface area contributed by atoms with E-state index in [9.17, 15) is 9.59 Å². The van der Waals surface area contributed by atoms with E-state index in [1.165, 1.54) is 13.4 Å². The van der Waals surface area contributed by atoms with Gasteiger partial charge in [-0.05, 0) is 12.1 Å². The largest absolute Gasteiger partial charge is 0.469 e. The first-order valence-corrected chi connectivity index (χ1v) is 5.45. The minimum atomic E-state index is -0.617. The Morgan fingerprint density at radius 3 is 2.65 bits per heavy atom. The monoisotopic (exact) mass is 239 g/mol. The average molecular weight is 239 g/mol. The molecule has 1 heterocycles. The first-order chi connectivity index (χ1) is 8.04. The van der Waals surface area contributed by atoms with Crippen LogP contribution in [-0.4, -0.2) is 30.9 Å². The molecule has 0 aromatic carbocycles. The topological polar surface area (TPSA) is 68.5 Å². The van der Waals surface area contributed by atoms with E-state index in [0.717, 1.165) is 0 Å². The predicted molar refractivity (Wildman–Crippen MR) is 61.7 cm³/mol. The maximum atomic E-state index is 12.0. The number of rotatable bonds is 6. The van der Waals surface area contributed by atoms with Crippen molar-refractivity contribution in [1.82, 2.24) is 5.32 Å². The van der Waals surface area contributed by atoms with Crippen molar-refractivity contribution in [2.45, 2.75) is 32.4 Å². The summed E-state index contributed by atoms with van der Waals surface area (Å²) in [4.78, 5) is 23.3. The van der Waals surface area contributed by atoms with Crippen LogP contribution in [0.15, 0.2) is 22.8 Å². The van der Waals surface area contributed by atoms with E-state index in [4.69, 9.17) is 4.42 Å². The van der Waals surface area contributed by atoms with Crippen LogP contribution in [0, 0.1) is 0 Å². The summed E-state index contributed by atoms with van der Waals surface area (Å²) < 4.78 is 9.60. The molecule has 0 saturated heterocycles. The number of carbonyl (C=O) groups is 2. The second kappa shape index (κ2) is 6.20. The van der Waals surface area contributed by atoms with Crippen molar-refractivity contribution in [3.8, 4) is 0 Å². The number of Topliss-reactive ketones (excluding diaryl/α,β-unsaturated/α-hetero) is 1. The molecule has 17 heavy (non-hydrogen) atoms. The summed E-state index contributed by atoms with van der Waals surface area (Å²) in [5.41, 5.74) is 0. The third-order valence-corrected chi connectivity index (χ3v) is 2.21. The lowest BCUT2D eigenvalue weighted by atomic mass is 10.1. The van der Waals surface area contributed by atoms with Crippen LogP contribution in [0.25, 0.3) is 0 Å². The average Bonchev–Trinajstić information content (AvgIpc) is 2.79. The van der Waals surface area contributed by atoms with E-state index in [2.05, 4.69) is 10.1 Å². The maximum Gasteiger partial charge on any atom is 0.307 e. The number of esters is 1. The molecule has 0 amide bonds. The van der Waals surface area contributed by atoms with E-state index >= 15 is 0 Å². The second-order valence-corrected chi connectivity index (χ2v) is 4.00. The molecule has 1 aromatic heterocycles. The van der Waals surface area contributed by atoms with Crippen LogP contribution in [0.5, 0.6) is 0 Å². The Labute approximate surface area is 100 Å². The van der Waals surface area contributed by atoms with E-state index in [1.54, 1.807) is 12.1 Å². The van der Waals surface area contributed by atoms with Gasteiger partial charge in [-0.25, -0.2) is 0 Å². The fourth-order valence-corrected chi connectivity index (χ4v) is 1.47. The molecular weight excluding hydrogens is 222 g/mol. The molecule has 1 N–H and O–H groups in total. The van der Waals surface area contributed by atoms with Gasteiger partial charge >= 0.3 is 5.97 Å². The van der Waals surface area contributed by atoms with E-state index in [0.29, 0.717) is 0 Å². The fraction of sp³-hybridized carbons (Fsp3) is 0.500. The van der Waals surface area contributed by atoms with Gasteiger partial charge in [-0.3, -0.25) is 9.59 Å². The van der Waals surface area contributed by atoms with Gasteiger partial charge in [-0.1, -0.05) is 13.8 Å². The van der Waals surface area contributed by atoms with Crippen LogP contribution < -0.4 is 5.32 Å². The van der Waals surface area contributed by atoms with Crippen molar-refractivity contribution in [3.05, 3.63) is 24.2 Å². The van der Waals surface area contributed by atoms with Crippen molar-refractivity contribution >= 4 is 11.8 Å². The summed E-state index contributed by atoms with van der Waals surface area (Å²) in [5.74, 6) is -0.427. The molecule has 0 bridgehead atoms. The minimum absolute atomic E-state index is 0.00574. The number of ether oxygens (including phenoxy) is 1. The minimum Gasteiger partial charge on any atom is -0.469 e. The Bertz CT molecular complexity index is 370. The van der Waals surface area contributed by atoms with E-state index in [-0.39, 0.29) is 24.0 Å². The van der Waals surface area contributed by atoms with Crippen LogP contribution in [0.1, 0.15) is 30.8 Å². The molecule has 94 valence electrons. The highest BCUT2D eigenvalue weighted by Gasteiger charge is 2.25.